The maximum absolute atomic E-state index is 11.5. The summed E-state index contributed by atoms with van der Waals surface area (Å²) in [5.74, 6) is -0.302. The van der Waals surface area contributed by atoms with E-state index in [-0.39, 0.29) is 11.7 Å². The maximum Gasteiger partial charge on any atom is 0.344 e. The molecule has 8 heteroatoms. The van der Waals surface area contributed by atoms with Crippen molar-refractivity contribution in [2.75, 3.05) is 5.75 Å². The fraction of sp³-hybridized carbons (Fsp3) is 0.727. The number of rotatable bonds is 7. The zero-order valence-corrected chi connectivity index (χ0v) is 11.6. The molecule has 1 atom stereocenters. The van der Waals surface area contributed by atoms with Crippen molar-refractivity contribution in [3.63, 3.8) is 0 Å². The molecular formula is C11H18N4O3S. The van der Waals surface area contributed by atoms with Crippen molar-refractivity contribution in [1.29, 1.82) is 0 Å². The highest BCUT2D eigenvalue weighted by molar-refractivity contribution is 7.99. The number of hydrogen-bond acceptors (Lipinski definition) is 5. The van der Waals surface area contributed by atoms with Gasteiger partial charge in [0.2, 0.25) is 0 Å². The van der Waals surface area contributed by atoms with Crippen LogP contribution >= 0.6 is 11.8 Å². The number of aliphatic carboxylic acids is 1. The number of nitrogens with zero attached hydrogens (tertiary/aromatic N) is 2. The molecule has 106 valence electrons. The number of hydrogen-bond donors (Lipinski definition) is 3. The van der Waals surface area contributed by atoms with E-state index in [2.05, 4.69) is 10.2 Å². The van der Waals surface area contributed by atoms with Crippen molar-refractivity contribution in [1.82, 2.24) is 14.8 Å². The highest BCUT2D eigenvalue weighted by atomic mass is 32.2. The highest BCUT2D eigenvalue weighted by Gasteiger charge is 2.29. The highest BCUT2D eigenvalue weighted by Crippen LogP contribution is 2.36. The molecule has 0 aromatic carbocycles. The Morgan fingerprint density at radius 3 is 2.95 bits per heavy atom. The van der Waals surface area contributed by atoms with Crippen molar-refractivity contribution in [3.05, 3.63) is 10.5 Å². The third-order valence-corrected chi connectivity index (χ3v) is 4.18. The Morgan fingerprint density at radius 1 is 1.68 bits per heavy atom. The fourth-order valence-electron chi connectivity index (χ4n) is 1.76. The van der Waals surface area contributed by atoms with E-state index in [0.29, 0.717) is 23.8 Å². The Labute approximate surface area is 114 Å². The van der Waals surface area contributed by atoms with Gasteiger partial charge in [0.15, 0.2) is 5.16 Å². The maximum atomic E-state index is 11.5. The van der Waals surface area contributed by atoms with Crippen LogP contribution in [0.5, 0.6) is 0 Å². The van der Waals surface area contributed by atoms with Crippen LogP contribution < -0.4 is 11.4 Å². The zero-order valence-electron chi connectivity index (χ0n) is 10.8. The normalized spacial score (nSPS) is 18.2. The third-order valence-electron chi connectivity index (χ3n) is 3.14. The number of H-pyrrole nitrogens is 1. The summed E-state index contributed by atoms with van der Waals surface area (Å²) in [6.45, 7) is 1.51. The molecule has 0 spiro atoms. The first-order valence-electron chi connectivity index (χ1n) is 6.24. The van der Waals surface area contributed by atoms with E-state index in [9.17, 15) is 9.59 Å². The number of aromatic amines is 1. The van der Waals surface area contributed by atoms with Gasteiger partial charge in [-0.05, 0) is 32.6 Å². The van der Waals surface area contributed by atoms with Gasteiger partial charge in [0.1, 0.15) is 5.54 Å². The summed E-state index contributed by atoms with van der Waals surface area (Å²) in [4.78, 5) is 22.4. The number of nitrogens with one attached hydrogen (secondary N) is 1. The Morgan fingerprint density at radius 2 is 2.37 bits per heavy atom. The van der Waals surface area contributed by atoms with Gasteiger partial charge in [-0.15, -0.1) is 5.10 Å². The van der Waals surface area contributed by atoms with Crippen molar-refractivity contribution < 1.29 is 9.90 Å². The van der Waals surface area contributed by atoms with Crippen molar-refractivity contribution in [2.45, 2.75) is 49.3 Å². The van der Waals surface area contributed by atoms with Crippen LogP contribution in [-0.4, -0.2) is 37.1 Å². The predicted octanol–water partition coefficient (Wildman–Crippen LogP) is 0.581. The second-order valence-corrected chi connectivity index (χ2v) is 6.15. The summed E-state index contributed by atoms with van der Waals surface area (Å²) in [5, 5.41) is 16.0. The van der Waals surface area contributed by atoms with Crippen LogP contribution in [0.25, 0.3) is 0 Å². The molecule has 1 aliphatic rings. The van der Waals surface area contributed by atoms with Gasteiger partial charge in [-0.3, -0.25) is 9.36 Å². The quantitative estimate of drug-likeness (QED) is 0.499. The number of carbonyl (C=O) groups is 1. The number of carboxylic acid groups (broad SMARTS) is 1. The Hall–Kier alpha value is -1.28. The van der Waals surface area contributed by atoms with E-state index in [1.165, 1.54) is 18.7 Å². The monoisotopic (exact) mass is 286 g/mol. The lowest BCUT2D eigenvalue weighted by atomic mass is 9.98. The second-order valence-electron chi connectivity index (χ2n) is 5.09. The number of carboxylic acids is 1. The average molecular weight is 286 g/mol. The summed E-state index contributed by atoms with van der Waals surface area (Å²) < 4.78 is 1.68. The van der Waals surface area contributed by atoms with Crippen LogP contribution in [-0.2, 0) is 4.79 Å². The van der Waals surface area contributed by atoms with Gasteiger partial charge in [0, 0.05) is 11.8 Å². The van der Waals surface area contributed by atoms with Crippen LogP contribution in [0.15, 0.2) is 9.95 Å². The molecule has 1 aromatic heterocycles. The minimum atomic E-state index is -1.19. The molecule has 2 rings (SSSR count). The summed E-state index contributed by atoms with van der Waals surface area (Å²) in [6, 6.07) is 0.285. The lowest BCUT2D eigenvalue weighted by molar-refractivity contribution is -0.142. The lowest BCUT2D eigenvalue weighted by Gasteiger charge is -2.18. The molecule has 0 aliphatic heterocycles. The van der Waals surface area contributed by atoms with Crippen molar-refractivity contribution in [3.8, 4) is 0 Å². The molecular weight excluding hydrogens is 268 g/mol. The molecule has 4 N–H and O–H groups in total. The average Bonchev–Trinajstić information content (AvgIpc) is 3.09. The van der Waals surface area contributed by atoms with Gasteiger partial charge in [0.25, 0.3) is 0 Å². The van der Waals surface area contributed by atoms with Crippen LogP contribution in [0.2, 0.25) is 0 Å². The first kappa shape index (κ1) is 14.1. The largest absolute Gasteiger partial charge is 0.480 e. The molecule has 1 aliphatic carbocycles. The number of nitrogens with two attached hydrogens (primary N) is 1. The van der Waals surface area contributed by atoms with E-state index in [1.807, 2.05) is 0 Å². The Balaban J connectivity index is 1.83. The van der Waals surface area contributed by atoms with E-state index < -0.39 is 11.5 Å². The summed E-state index contributed by atoms with van der Waals surface area (Å²) in [7, 11) is 0. The molecule has 7 nitrogen and oxygen atoms in total. The molecule has 0 saturated heterocycles. The van der Waals surface area contributed by atoms with Crippen LogP contribution in [0.1, 0.15) is 38.6 Å². The van der Waals surface area contributed by atoms with Gasteiger partial charge < -0.3 is 10.8 Å². The molecule has 1 aromatic rings. The molecule has 0 radical (unpaired) electrons. The molecule has 1 saturated carbocycles. The summed E-state index contributed by atoms with van der Waals surface area (Å²) in [6.07, 6.45) is 3.10. The number of thioether (sulfide) groups is 1. The van der Waals surface area contributed by atoms with Crippen LogP contribution in [0.4, 0.5) is 0 Å². The molecule has 1 heterocycles. The van der Waals surface area contributed by atoms with Gasteiger partial charge in [-0.2, -0.15) is 0 Å². The molecule has 1 fully saturated rings. The van der Waals surface area contributed by atoms with Gasteiger partial charge in [-0.1, -0.05) is 11.8 Å². The second kappa shape index (κ2) is 5.38. The zero-order chi connectivity index (χ0) is 14.0. The summed E-state index contributed by atoms with van der Waals surface area (Å²) in [5.41, 5.74) is 4.29. The minimum absolute atomic E-state index is 0.167. The van der Waals surface area contributed by atoms with E-state index in [4.69, 9.17) is 10.8 Å². The Kier molecular flexibility index (Phi) is 4.00. The van der Waals surface area contributed by atoms with Crippen molar-refractivity contribution in [2.24, 2.45) is 5.73 Å². The van der Waals surface area contributed by atoms with E-state index >= 15 is 0 Å². The van der Waals surface area contributed by atoms with Crippen LogP contribution in [0.3, 0.4) is 0 Å². The smallest absolute Gasteiger partial charge is 0.344 e. The van der Waals surface area contributed by atoms with Crippen molar-refractivity contribution >= 4 is 17.7 Å². The molecule has 1 unspecified atom stereocenters. The number of aromatic nitrogens is 3. The molecule has 0 bridgehead atoms. The first-order valence-corrected chi connectivity index (χ1v) is 7.22. The van der Waals surface area contributed by atoms with Gasteiger partial charge >= 0.3 is 11.7 Å². The molecule has 19 heavy (non-hydrogen) atoms. The topological polar surface area (TPSA) is 114 Å². The third kappa shape index (κ3) is 3.38. The van der Waals surface area contributed by atoms with Gasteiger partial charge in [0.05, 0.1) is 0 Å². The van der Waals surface area contributed by atoms with E-state index in [0.717, 1.165) is 12.8 Å². The summed E-state index contributed by atoms with van der Waals surface area (Å²) >= 11 is 1.46. The standard InChI is InChI=1S/C11H18N4O3S/c1-11(12,8(16)17)5-2-6-19-10-14-13-9(18)15(10)7-3-4-7/h7H,2-6,12H2,1H3,(H,13,18)(H,16,17). The first-order chi connectivity index (χ1) is 8.92. The van der Waals surface area contributed by atoms with E-state index in [1.54, 1.807) is 4.57 Å². The molecule has 0 amide bonds. The Bertz CT molecular complexity index is 518. The van der Waals surface area contributed by atoms with Crippen LogP contribution in [0, 0.1) is 0 Å². The fourth-order valence-corrected chi connectivity index (χ4v) is 2.71. The predicted molar refractivity (Wildman–Crippen MR) is 71.3 cm³/mol. The lowest BCUT2D eigenvalue weighted by Crippen LogP contribution is -2.44. The van der Waals surface area contributed by atoms with Gasteiger partial charge in [-0.25, -0.2) is 9.89 Å². The SMILES string of the molecule is CC(N)(CCCSc1n[nH]c(=O)n1C1CC1)C(=O)O. The minimum Gasteiger partial charge on any atom is -0.480 e.